The van der Waals surface area contributed by atoms with Crippen LogP contribution in [0.1, 0.15) is 43.0 Å². The van der Waals surface area contributed by atoms with Gasteiger partial charge >= 0.3 is 12.0 Å². The number of aromatic nitrogens is 1. The van der Waals surface area contributed by atoms with Gasteiger partial charge in [0, 0.05) is 23.1 Å². The highest BCUT2D eigenvalue weighted by molar-refractivity contribution is 6.05. The molecule has 1 aromatic carbocycles. The van der Waals surface area contributed by atoms with Crippen LogP contribution in [0.5, 0.6) is 0 Å². The molecule has 1 aromatic heterocycles. The largest absolute Gasteiger partial charge is 0.452 e. The lowest BCUT2D eigenvalue weighted by atomic mass is 9.86. The fourth-order valence-electron chi connectivity index (χ4n) is 3.35. The van der Waals surface area contributed by atoms with Gasteiger partial charge in [-0.05, 0) is 24.8 Å². The van der Waals surface area contributed by atoms with Crippen molar-refractivity contribution in [2.45, 2.75) is 38.6 Å². The van der Waals surface area contributed by atoms with Crippen molar-refractivity contribution in [3.05, 3.63) is 36.0 Å². The number of rotatable bonds is 4. The molecule has 3 amide bonds. The van der Waals surface area contributed by atoms with Gasteiger partial charge in [0.1, 0.15) is 0 Å². The number of carbonyl (C=O) groups excluding carboxylic acids is 3. The van der Waals surface area contributed by atoms with Gasteiger partial charge in [-0.1, -0.05) is 38.0 Å². The van der Waals surface area contributed by atoms with Gasteiger partial charge in [0.25, 0.3) is 5.91 Å². The van der Waals surface area contributed by atoms with Crippen molar-refractivity contribution >= 4 is 28.8 Å². The smallest absolute Gasteiger partial charge is 0.340 e. The van der Waals surface area contributed by atoms with Crippen LogP contribution in [0.4, 0.5) is 4.79 Å². The average Bonchev–Trinajstić information content (AvgIpc) is 3.06. The summed E-state index contributed by atoms with van der Waals surface area (Å²) in [6.07, 6.45) is 5.77. The predicted molar refractivity (Wildman–Crippen MR) is 96.7 cm³/mol. The SMILES string of the molecule is CC1CCCCC1NC(=O)NC(=O)COC(=O)c1c[nH]c2ccccc12. The first-order valence-electron chi connectivity index (χ1n) is 8.88. The number of amides is 3. The molecule has 7 heteroatoms. The highest BCUT2D eigenvalue weighted by atomic mass is 16.5. The van der Waals surface area contributed by atoms with Crippen LogP contribution in [0.2, 0.25) is 0 Å². The van der Waals surface area contributed by atoms with Gasteiger partial charge in [-0.25, -0.2) is 9.59 Å². The van der Waals surface area contributed by atoms with Gasteiger partial charge in [-0.3, -0.25) is 10.1 Å². The fraction of sp³-hybridized carbons (Fsp3) is 0.421. The third-order valence-corrected chi connectivity index (χ3v) is 4.82. The van der Waals surface area contributed by atoms with Crippen LogP contribution in [-0.4, -0.2) is 35.5 Å². The van der Waals surface area contributed by atoms with Gasteiger partial charge < -0.3 is 15.0 Å². The number of carbonyl (C=O) groups is 3. The number of esters is 1. The Balaban J connectivity index is 1.47. The molecule has 0 aliphatic heterocycles. The highest BCUT2D eigenvalue weighted by Crippen LogP contribution is 2.23. The van der Waals surface area contributed by atoms with E-state index in [9.17, 15) is 14.4 Å². The minimum Gasteiger partial charge on any atom is -0.452 e. The Bertz CT molecular complexity index is 814. The molecular formula is C19H23N3O4. The van der Waals surface area contributed by atoms with Crippen molar-refractivity contribution in [2.75, 3.05) is 6.61 Å². The molecule has 0 bridgehead atoms. The van der Waals surface area contributed by atoms with Crippen molar-refractivity contribution in [3.63, 3.8) is 0 Å². The second-order valence-corrected chi connectivity index (χ2v) is 6.71. The summed E-state index contributed by atoms with van der Waals surface area (Å²) in [5, 5.41) is 5.76. The van der Waals surface area contributed by atoms with Crippen LogP contribution < -0.4 is 10.6 Å². The third kappa shape index (κ3) is 4.22. The number of hydrogen-bond acceptors (Lipinski definition) is 4. The van der Waals surface area contributed by atoms with Crippen LogP contribution in [0.3, 0.4) is 0 Å². The maximum Gasteiger partial charge on any atom is 0.340 e. The standard InChI is InChI=1S/C19H23N3O4/c1-12-6-2-4-8-15(12)21-19(25)22-17(23)11-26-18(24)14-10-20-16-9-5-3-7-13(14)16/h3,5,7,9-10,12,15,20H,2,4,6,8,11H2,1H3,(H2,21,22,23,25). The zero-order chi connectivity index (χ0) is 18.5. The molecule has 138 valence electrons. The Morgan fingerprint density at radius 1 is 1.19 bits per heavy atom. The summed E-state index contributed by atoms with van der Waals surface area (Å²) in [6.45, 7) is 1.58. The molecule has 0 spiro atoms. The minimum atomic E-state index is -0.654. The van der Waals surface area contributed by atoms with Crippen LogP contribution in [-0.2, 0) is 9.53 Å². The maximum absolute atomic E-state index is 12.1. The fourth-order valence-corrected chi connectivity index (χ4v) is 3.35. The highest BCUT2D eigenvalue weighted by Gasteiger charge is 2.23. The molecule has 1 fully saturated rings. The van der Waals surface area contributed by atoms with E-state index in [1.807, 2.05) is 18.2 Å². The molecule has 1 saturated carbocycles. The summed E-state index contributed by atoms with van der Waals surface area (Å²) in [4.78, 5) is 38.9. The number of fused-ring (bicyclic) bond motifs is 1. The maximum atomic E-state index is 12.1. The zero-order valence-electron chi connectivity index (χ0n) is 14.7. The van der Waals surface area contributed by atoms with E-state index in [0.29, 0.717) is 11.5 Å². The number of H-pyrrole nitrogens is 1. The van der Waals surface area contributed by atoms with E-state index in [0.717, 1.165) is 30.2 Å². The van der Waals surface area contributed by atoms with E-state index in [1.165, 1.54) is 6.42 Å². The molecular weight excluding hydrogens is 334 g/mol. The van der Waals surface area contributed by atoms with E-state index in [1.54, 1.807) is 12.3 Å². The van der Waals surface area contributed by atoms with Gasteiger partial charge in [0.05, 0.1) is 5.56 Å². The molecule has 0 saturated heterocycles. The molecule has 0 radical (unpaired) electrons. The van der Waals surface area contributed by atoms with Gasteiger partial charge in [0.2, 0.25) is 0 Å². The number of aromatic amines is 1. The number of nitrogens with one attached hydrogen (secondary N) is 3. The number of urea groups is 1. The second-order valence-electron chi connectivity index (χ2n) is 6.71. The Morgan fingerprint density at radius 2 is 1.96 bits per heavy atom. The van der Waals surface area contributed by atoms with Gasteiger partial charge in [0.15, 0.2) is 6.61 Å². The van der Waals surface area contributed by atoms with Crippen molar-refractivity contribution in [1.29, 1.82) is 0 Å². The normalized spacial score (nSPS) is 19.7. The number of ether oxygens (including phenoxy) is 1. The number of imide groups is 1. The molecule has 2 atom stereocenters. The zero-order valence-corrected chi connectivity index (χ0v) is 14.7. The lowest BCUT2D eigenvalue weighted by Crippen LogP contribution is -2.48. The quantitative estimate of drug-likeness (QED) is 0.733. The number of hydrogen-bond donors (Lipinski definition) is 3. The van der Waals surface area contributed by atoms with E-state index >= 15 is 0 Å². The van der Waals surface area contributed by atoms with Crippen molar-refractivity contribution < 1.29 is 19.1 Å². The van der Waals surface area contributed by atoms with Gasteiger partial charge in [-0.15, -0.1) is 0 Å². The van der Waals surface area contributed by atoms with Crippen LogP contribution in [0.15, 0.2) is 30.5 Å². The molecule has 2 unspecified atom stereocenters. The molecule has 3 rings (SSSR count). The summed E-state index contributed by atoms with van der Waals surface area (Å²) >= 11 is 0. The topological polar surface area (TPSA) is 100 Å². The summed E-state index contributed by atoms with van der Waals surface area (Å²) in [6, 6.07) is 6.84. The molecule has 26 heavy (non-hydrogen) atoms. The van der Waals surface area contributed by atoms with Crippen molar-refractivity contribution in [1.82, 2.24) is 15.6 Å². The lowest BCUT2D eigenvalue weighted by molar-refractivity contribution is -0.123. The second kappa shape index (κ2) is 8.03. The molecule has 1 aliphatic rings. The molecule has 2 aromatic rings. The first-order valence-corrected chi connectivity index (χ1v) is 8.88. The first-order chi connectivity index (χ1) is 12.5. The van der Waals surface area contributed by atoms with Crippen molar-refractivity contribution in [3.8, 4) is 0 Å². The summed E-state index contributed by atoms with van der Waals surface area (Å²) in [7, 11) is 0. The lowest BCUT2D eigenvalue weighted by Gasteiger charge is -2.29. The predicted octanol–water partition coefficient (Wildman–Crippen LogP) is 2.73. The Labute approximate surface area is 151 Å². The summed E-state index contributed by atoms with van der Waals surface area (Å²) in [5.74, 6) is -0.873. The Hall–Kier alpha value is -2.83. The van der Waals surface area contributed by atoms with E-state index in [2.05, 4.69) is 22.5 Å². The van der Waals surface area contributed by atoms with E-state index in [4.69, 9.17) is 4.74 Å². The minimum absolute atomic E-state index is 0.0744. The molecule has 7 nitrogen and oxygen atoms in total. The molecule has 1 aliphatic carbocycles. The van der Waals surface area contributed by atoms with Crippen LogP contribution in [0, 0.1) is 5.92 Å². The van der Waals surface area contributed by atoms with E-state index in [-0.39, 0.29) is 6.04 Å². The average molecular weight is 357 g/mol. The third-order valence-electron chi connectivity index (χ3n) is 4.82. The van der Waals surface area contributed by atoms with E-state index < -0.39 is 24.5 Å². The summed E-state index contributed by atoms with van der Waals surface area (Å²) in [5.41, 5.74) is 1.17. The monoisotopic (exact) mass is 357 g/mol. The Morgan fingerprint density at radius 3 is 2.77 bits per heavy atom. The number of benzene rings is 1. The molecule has 3 N–H and O–H groups in total. The summed E-state index contributed by atoms with van der Waals surface area (Å²) < 4.78 is 5.02. The Kier molecular flexibility index (Phi) is 5.55. The van der Waals surface area contributed by atoms with Crippen LogP contribution >= 0.6 is 0 Å². The molecule has 1 heterocycles. The van der Waals surface area contributed by atoms with Crippen LogP contribution in [0.25, 0.3) is 10.9 Å². The first kappa shape index (κ1) is 18.0. The number of para-hydroxylation sites is 1. The van der Waals surface area contributed by atoms with Gasteiger partial charge in [-0.2, -0.15) is 0 Å². The van der Waals surface area contributed by atoms with Crippen molar-refractivity contribution in [2.24, 2.45) is 5.92 Å².